The second-order valence-electron chi connectivity index (χ2n) is 3.63. The lowest BCUT2D eigenvalue weighted by atomic mass is 10.2. The summed E-state index contributed by atoms with van der Waals surface area (Å²) in [6.07, 6.45) is 0. The first-order chi connectivity index (χ1) is 8.97. The second-order valence-corrected chi connectivity index (χ2v) is 5.80. The fourth-order valence-corrected chi connectivity index (χ4v) is 2.35. The molecule has 0 bridgehead atoms. The van der Waals surface area contributed by atoms with Gasteiger partial charge in [0.25, 0.3) is 0 Å². The minimum atomic E-state index is -0.993. The molecule has 0 aliphatic carbocycles. The van der Waals surface area contributed by atoms with Crippen molar-refractivity contribution in [1.29, 1.82) is 0 Å². The monoisotopic (exact) mass is 404 g/mol. The van der Waals surface area contributed by atoms with Gasteiger partial charge in [-0.25, -0.2) is 4.79 Å². The third-order valence-electron chi connectivity index (χ3n) is 2.29. The number of benzene rings is 2. The Morgan fingerprint density at radius 3 is 2.47 bits per heavy atom. The van der Waals surface area contributed by atoms with Gasteiger partial charge in [0, 0.05) is 4.47 Å². The van der Waals surface area contributed by atoms with Crippen LogP contribution in [-0.2, 0) is 0 Å². The molecule has 0 aliphatic heterocycles. The number of hydrogen-bond acceptors (Lipinski definition) is 2. The SMILES string of the molecule is O=C(O)c1ccc(Oc2cc(Br)ccc2Cl)c(Br)c1. The molecule has 0 radical (unpaired) electrons. The van der Waals surface area contributed by atoms with Gasteiger partial charge in [0.15, 0.2) is 0 Å². The highest BCUT2D eigenvalue weighted by molar-refractivity contribution is 9.10. The maximum atomic E-state index is 10.8. The summed E-state index contributed by atoms with van der Waals surface area (Å²) in [6.45, 7) is 0. The van der Waals surface area contributed by atoms with Gasteiger partial charge in [-0.2, -0.15) is 0 Å². The van der Waals surface area contributed by atoms with Crippen LogP contribution in [0.1, 0.15) is 10.4 Å². The van der Waals surface area contributed by atoms with Crippen LogP contribution < -0.4 is 4.74 Å². The summed E-state index contributed by atoms with van der Waals surface area (Å²) < 4.78 is 7.04. The highest BCUT2D eigenvalue weighted by Gasteiger charge is 2.10. The number of halogens is 3. The smallest absolute Gasteiger partial charge is 0.335 e. The fraction of sp³-hybridized carbons (Fsp3) is 0. The van der Waals surface area contributed by atoms with Crippen LogP contribution in [0.3, 0.4) is 0 Å². The van der Waals surface area contributed by atoms with E-state index in [1.165, 1.54) is 12.1 Å². The number of rotatable bonds is 3. The summed E-state index contributed by atoms with van der Waals surface area (Å²) in [5, 5.41) is 9.35. The number of carboxylic acids is 1. The fourth-order valence-electron chi connectivity index (χ4n) is 1.39. The minimum absolute atomic E-state index is 0.180. The zero-order valence-electron chi connectivity index (χ0n) is 9.36. The van der Waals surface area contributed by atoms with E-state index in [2.05, 4.69) is 31.9 Å². The summed E-state index contributed by atoms with van der Waals surface area (Å²) in [4.78, 5) is 10.8. The molecule has 0 heterocycles. The Labute approximate surface area is 131 Å². The van der Waals surface area contributed by atoms with Gasteiger partial charge in [0.05, 0.1) is 15.1 Å². The van der Waals surface area contributed by atoms with E-state index in [4.69, 9.17) is 21.4 Å². The normalized spacial score (nSPS) is 10.3. The van der Waals surface area contributed by atoms with Gasteiger partial charge in [0.1, 0.15) is 11.5 Å². The van der Waals surface area contributed by atoms with E-state index in [9.17, 15) is 4.79 Å². The van der Waals surface area contributed by atoms with Crippen molar-refractivity contribution in [2.24, 2.45) is 0 Å². The van der Waals surface area contributed by atoms with Crippen LogP contribution in [-0.4, -0.2) is 11.1 Å². The van der Waals surface area contributed by atoms with Gasteiger partial charge in [0.2, 0.25) is 0 Å². The molecule has 1 N–H and O–H groups in total. The van der Waals surface area contributed by atoms with Crippen LogP contribution in [0.15, 0.2) is 45.3 Å². The molecule has 0 aliphatic rings. The summed E-state index contributed by atoms with van der Waals surface area (Å²) >= 11 is 12.6. The molecular formula is C13H7Br2ClO3. The van der Waals surface area contributed by atoms with Crippen molar-refractivity contribution in [2.45, 2.75) is 0 Å². The Morgan fingerprint density at radius 1 is 1.11 bits per heavy atom. The largest absolute Gasteiger partial charge is 0.478 e. The van der Waals surface area contributed by atoms with E-state index in [-0.39, 0.29) is 5.56 Å². The van der Waals surface area contributed by atoms with Crippen LogP contribution in [0.5, 0.6) is 11.5 Å². The molecule has 98 valence electrons. The second kappa shape index (κ2) is 5.94. The third-order valence-corrected chi connectivity index (χ3v) is 3.72. The Bertz CT molecular complexity index is 644. The lowest BCUT2D eigenvalue weighted by Crippen LogP contribution is -1.96. The van der Waals surface area contributed by atoms with Crippen LogP contribution in [0, 0.1) is 0 Å². The first kappa shape index (κ1) is 14.4. The van der Waals surface area contributed by atoms with E-state index in [1.807, 2.05) is 0 Å². The van der Waals surface area contributed by atoms with Crippen molar-refractivity contribution in [3.63, 3.8) is 0 Å². The first-order valence-corrected chi connectivity index (χ1v) is 7.09. The lowest BCUT2D eigenvalue weighted by Gasteiger charge is -2.10. The summed E-state index contributed by atoms with van der Waals surface area (Å²) in [5.74, 6) is -0.0162. The van der Waals surface area contributed by atoms with E-state index >= 15 is 0 Å². The molecule has 0 amide bonds. The molecule has 0 saturated heterocycles. The quantitative estimate of drug-likeness (QED) is 0.747. The van der Waals surface area contributed by atoms with Crippen molar-refractivity contribution >= 4 is 49.4 Å². The number of aromatic carboxylic acids is 1. The van der Waals surface area contributed by atoms with Gasteiger partial charge >= 0.3 is 5.97 Å². The van der Waals surface area contributed by atoms with Crippen molar-refractivity contribution in [3.8, 4) is 11.5 Å². The average Bonchev–Trinajstić information content (AvgIpc) is 2.36. The molecule has 2 aromatic carbocycles. The zero-order valence-corrected chi connectivity index (χ0v) is 13.3. The molecule has 0 unspecified atom stereocenters. The molecule has 6 heteroatoms. The van der Waals surface area contributed by atoms with E-state index in [1.54, 1.807) is 24.3 Å². The number of ether oxygens (including phenoxy) is 1. The molecular weight excluding hydrogens is 399 g/mol. The summed E-state index contributed by atoms with van der Waals surface area (Å²) in [6, 6.07) is 9.76. The van der Waals surface area contributed by atoms with Gasteiger partial charge < -0.3 is 9.84 Å². The van der Waals surface area contributed by atoms with Crippen molar-refractivity contribution in [1.82, 2.24) is 0 Å². The van der Waals surface area contributed by atoms with Crippen LogP contribution in [0.25, 0.3) is 0 Å². The van der Waals surface area contributed by atoms with E-state index in [0.29, 0.717) is 21.0 Å². The van der Waals surface area contributed by atoms with Gasteiger partial charge in [-0.05, 0) is 52.3 Å². The van der Waals surface area contributed by atoms with Crippen molar-refractivity contribution < 1.29 is 14.6 Å². The maximum absolute atomic E-state index is 10.8. The van der Waals surface area contributed by atoms with Gasteiger partial charge in [-0.15, -0.1) is 0 Å². The maximum Gasteiger partial charge on any atom is 0.335 e. The molecule has 0 fully saturated rings. The number of carboxylic acid groups (broad SMARTS) is 1. The first-order valence-electron chi connectivity index (χ1n) is 5.13. The standard InChI is InChI=1S/C13H7Br2ClO3/c14-8-2-3-10(16)12(6-8)19-11-4-1-7(13(17)18)5-9(11)15/h1-6H,(H,17,18). The highest BCUT2D eigenvalue weighted by Crippen LogP contribution is 2.35. The Morgan fingerprint density at radius 2 is 1.84 bits per heavy atom. The molecule has 0 saturated carbocycles. The topological polar surface area (TPSA) is 46.5 Å². The predicted octanol–water partition coefficient (Wildman–Crippen LogP) is 5.36. The van der Waals surface area contributed by atoms with Crippen molar-refractivity contribution in [3.05, 3.63) is 55.9 Å². The Hall–Kier alpha value is -1.04. The van der Waals surface area contributed by atoms with E-state index < -0.39 is 5.97 Å². The Kier molecular flexibility index (Phi) is 4.50. The van der Waals surface area contributed by atoms with E-state index in [0.717, 1.165) is 4.47 Å². The van der Waals surface area contributed by atoms with Crippen LogP contribution >= 0.6 is 43.5 Å². The van der Waals surface area contributed by atoms with Crippen molar-refractivity contribution in [2.75, 3.05) is 0 Å². The van der Waals surface area contributed by atoms with Gasteiger partial charge in [-0.1, -0.05) is 27.5 Å². The molecule has 19 heavy (non-hydrogen) atoms. The summed E-state index contributed by atoms with van der Waals surface area (Å²) in [5.41, 5.74) is 0.180. The lowest BCUT2D eigenvalue weighted by molar-refractivity contribution is 0.0697. The average molecular weight is 406 g/mol. The highest BCUT2D eigenvalue weighted by atomic mass is 79.9. The number of carbonyl (C=O) groups is 1. The minimum Gasteiger partial charge on any atom is -0.478 e. The molecule has 2 aromatic rings. The van der Waals surface area contributed by atoms with Crippen LogP contribution in [0.2, 0.25) is 5.02 Å². The van der Waals surface area contributed by atoms with Crippen LogP contribution in [0.4, 0.5) is 0 Å². The summed E-state index contributed by atoms with van der Waals surface area (Å²) in [7, 11) is 0. The molecule has 2 rings (SSSR count). The van der Waals surface area contributed by atoms with Gasteiger partial charge in [-0.3, -0.25) is 0 Å². The zero-order chi connectivity index (χ0) is 14.0. The molecule has 0 aromatic heterocycles. The molecule has 0 spiro atoms. The molecule has 3 nitrogen and oxygen atoms in total. The molecule has 0 atom stereocenters. The number of hydrogen-bond donors (Lipinski definition) is 1. The third kappa shape index (κ3) is 3.49. The predicted molar refractivity (Wildman–Crippen MR) is 80.3 cm³/mol. The Balaban J connectivity index is 2.33.